The third kappa shape index (κ3) is 4.00. The summed E-state index contributed by atoms with van der Waals surface area (Å²) in [5.41, 5.74) is -4.11. The molecule has 1 aliphatic rings. The van der Waals surface area contributed by atoms with E-state index in [0.717, 1.165) is 0 Å². The van der Waals surface area contributed by atoms with Crippen LogP contribution in [0, 0.1) is 0 Å². The number of likely N-dealkylation sites (tertiary alicyclic amines) is 1. The van der Waals surface area contributed by atoms with Crippen LogP contribution in [0.3, 0.4) is 0 Å². The first-order chi connectivity index (χ1) is 8.35. The summed E-state index contributed by atoms with van der Waals surface area (Å²) in [7, 11) is 0. The lowest BCUT2D eigenvalue weighted by Gasteiger charge is -2.39. The summed E-state index contributed by atoms with van der Waals surface area (Å²) in [5.74, 6) is -5.62. The van der Waals surface area contributed by atoms with Crippen LogP contribution in [0.5, 0.6) is 0 Å². The number of carboxylic acid groups (broad SMARTS) is 1. The molecule has 1 rings (SSSR count). The zero-order chi connectivity index (χ0) is 15.1. The fraction of sp³-hybridized carbons (Fsp3) is 0.818. The Labute approximate surface area is 108 Å². The summed E-state index contributed by atoms with van der Waals surface area (Å²) in [6, 6.07) is 0. The topological polar surface area (TPSA) is 66.8 Å². The molecule has 1 heterocycles. The van der Waals surface area contributed by atoms with Crippen LogP contribution in [0.2, 0.25) is 0 Å². The highest BCUT2D eigenvalue weighted by atomic mass is 19.3. The Morgan fingerprint density at radius 2 is 1.74 bits per heavy atom. The average Bonchev–Trinajstić information content (AvgIpc) is 2.11. The minimum absolute atomic E-state index is 0.392. The number of hydrogen-bond acceptors (Lipinski definition) is 3. The van der Waals surface area contributed by atoms with Crippen molar-refractivity contribution in [2.24, 2.45) is 0 Å². The van der Waals surface area contributed by atoms with Gasteiger partial charge in [0.15, 0.2) is 0 Å². The number of amides is 1. The van der Waals surface area contributed by atoms with Crippen LogP contribution in [0.4, 0.5) is 18.0 Å². The van der Waals surface area contributed by atoms with Crippen molar-refractivity contribution in [3.63, 3.8) is 0 Å². The Morgan fingerprint density at radius 1 is 1.21 bits per heavy atom. The maximum Gasteiger partial charge on any atom is 0.410 e. The Balaban J connectivity index is 2.91. The molecule has 0 aromatic carbocycles. The smallest absolute Gasteiger partial charge is 0.410 e. The van der Waals surface area contributed by atoms with Gasteiger partial charge < -0.3 is 9.84 Å². The number of carbonyl (C=O) groups is 2. The third-order valence-electron chi connectivity index (χ3n) is 2.44. The van der Waals surface area contributed by atoms with Crippen LogP contribution in [-0.4, -0.2) is 52.4 Å². The SMILES string of the molecule is CC(C)(C)OC(=O)N1CC(F)(F)CC(F)(C(=O)O)C1. The maximum absolute atomic E-state index is 13.9. The number of ether oxygens (including phenoxy) is 1. The van der Waals surface area contributed by atoms with Crippen LogP contribution in [0.25, 0.3) is 0 Å². The van der Waals surface area contributed by atoms with Gasteiger partial charge in [0.2, 0.25) is 5.67 Å². The Kier molecular flexibility index (Phi) is 3.75. The van der Waals surface area contributed by atoms with E-state index in [1.54, 1.807) is 0 Å². The summed E-state index contributed by atoms with van der Waals surface area (Å²) in [6.07, 6.45) is -2.61. The number of carbonyl (C=O) groups excluding carboxylic acids is 1. The van der Waals surface area contributed by atoms with E-state index in [0.29, 0.717) is 4.90 Å². The molecule has 1 aliphatic heterocycles. The second-order valence-electron chi connectivity index (χ2n) is 5.64. The molecule has 1 unspecified atom stereocenters. The number of nitrogens with zero attached hydrogens (tertiary/aromatic N) is 1. The van der Waals surface area contributed by atoms with Gasteiger partial charge >= 0.3 is 12.1 Å². The summed E-state index contributed by atoms with van der Waals surface area (Å²) >= 11 is 0. The molecule has 0 aliphatic carbocycles. The van der Waals surface area contributed by atoms with Crippen LogP contribution in [0.1, 0.15) is 27.2 Å². The van der Waals surface area contributed by atoms with Gasteiger partial charge in [-0.1, -0.05) is 0 Å². The molecule has 0 aromatic heterocycles. The lowest BCUT2D eigenvalue weighted by molar-refractivity contribution is -0.171. The van der Waals surface area contributed by atoms with Crippen molar-refractivity contribution >= 4 is 12.1 Å². The number of piperidine rings is 1. The van der Waals surface area contributed by atoms with Gasteiger partial charge in [-0.3, -0.25) is 4.90 Å². The van der Waals surface area contributed by atoms with Crippen molar-refractivity contribution in [3.05, 3.63) is 0 Å². The molecule has 0 bridgehead atoms. The highest BCUT2D eigenvalue weighted by molar-refractivity contribution is 5.79. The lowest BCUT2D eigenvalue weighted by atomic mass is 9.92. The molecule has 0 spiro atoms. The molecule has 110 valence electrons. The molecule has 19 heavy (non-hydrogen) atoms. The van der Waals surface area contributed by atoms with Gasteiger partial charge in [-0.2, -0.15) is 0 Å². The Hall–Kier alpha value is -1.47. The van der Waals surface area contributed by atoms with Gasteiger partial charge in [-0.05, 0) is 20.8 Å². The number of rotatable bonds is 1. The van der Waals surface area contributed by atoms with E-state index in [-0.39, 0.29) is 0 Å². The highest BCUT2D eigenvalue weighted by Gasteiger charge is 2.55. The lowest BCUT2D eigenvalue weighted by Crippen LogP contribution is -2.59. The molecule has 0 radical (unpaired) electrons. The van der Waals surface area contributed by atoms with Crippen LogP contribution >= 0.6 is 0 Å². The van der Waals surface area contributed by atoms with Crippen LogP contribution in [0.15, 0.2) is 0 Å². The molecular formula is C11H16F3NO4. The fourth-order valence-corrected chi connectivity index (χ4v) is 1.76. The summed E-state index contributed by atoms with van der Waals surface area (Å²) in [4.78, 5) is 22.7. The standard InChI is InChI=1S/C11H16F3NO4/c1-9(2,3)19-8(18)15-5-10(12,7(16)17)4-11(13,14)6-15/h4-6H2,1-3H3,(H,16,17). The van der Waals surface area contributed by atoms with Crippen molar-refractivity contribution in [1.82, 2.24) is 4.90 Å². The first-order valence-corrected chi connectivity index (χ1v) is 5.63. The Bertz CT molecular complexity index is 394. The summed E-state index contributed by atoms with van der Waals surface area (Å²) in [5, 5.41) is 8.67. The zero-order valence-corrected chi connectivity index (χ0v) is 10.9. The Morgan fingerprint density at radius 3 is 2.16 bits per heavy atom. The second-order valence-corrected chi connectivity index (χ2v) is 5.64. The van der Waals surface area contributed by atoms with E-state index in [1.807, 2.05) is 0 Å². The van der Waals surface area contributed by atoms with E-state index >= 15 is 0 Å². The average molecular weight is 283 g/mol. The zero-order valence-electron chi connectivity index (χ0n) is 10.9. The van der Waals surface area contributed by atoms with Crippen molar-refractivity contribution in [2.75, 3.05) is 13.1 Å². The van der Waals surface area contributed by atoms with E-state index in [4.69, 9.17) is 9.84 Å². The molecule has 0 aromatic rings. The molecular weight excluding hydrogens is 267 g/mol. The molecule has 8 heteroatoms. The highest BCUT2D eigenvalue weighted by Crippen LogP contribution is 2.36. The predicted molar refractivity (Wildman–Crippen MR) is 58.8 cm³/mol. The molecule has 5 nitrogen and oxygen atoms in total. The first-order valence-electron chi connectivity index (χ1n) is 5.63. The molecule has 1 amide bonds. The van der Waals surface area contributed by atoms with E-state index in [1.165, 1.54) is 20.8 Å². The van der Waals surface area contributed by atoms with Crippen molar-refractivity contribution < 1.29 is 32.6 Å². The molecule has 1 fully saturated rings. The quantitative estimate of drug-likeness (QED) is 0.800. The summed E-state index contributed by atoms with van der Waals surface area (Å²) in [6.45, 7) is 2.56. The number of hydrogen-bond donors (Lipinski definition) is 1. The first kappa shape index (κ1) is 15.6. The molecule has 1 atom stereocenters. The normalized spacial score (nSPS) is 26.9. The minimum Gasteiger partial charge on any atom is -0.479 e. The molecule has 1 N–H and O–H groups in total. The number of carboxylic acids is 1. The monoisotopic (exact) mass is 283 g/mol. The third-order valence-corrected chi connectivity index (χ3v) is 2.44. The fourth-order valence-electron chi connectivity index (χ4n) is 1.76. The van der Waals surface area contributed by atoms with Gasteiger partial charge in [0.1, 0.15) is 5.60 Å². The number of alkyl halides is 3. The molecule has 1 saturated heterocycles. The maximum atomic E-state index is 13.9. The van der Waals surface area contributed by atoms with Crippen LogP contribution in [-0.2, 0) is 9.53 Å². The van der Waals surface area contributed by atoms with E-state index in [2.05, 4.69) is 0 Å². The van der Waals surface area contributed by atoms with Gasteiger partial charge in [0.05, 0.1) is 19.5 Å². The largest absolute Gasteiger partial charge is 0.479 e. The number of aliphatic carboxylic acids is 1. The predicted octanol–water partition coefficient (Wildman–Crippen LogP) is 2.06. The van der Waals surface area contributed by atoms with Gasteiger partial charge in [-0.25, -0.2) is 22.8 Å². The van der Waals surface area contributed by atoms with E-state index in [9.17, 15) is 22.8 Å². The summed E-state index contributed by atoms with van der Waals surface area (Å²) < 4.78 is 45.4. The number of halogens is 3. The molecule has 0 saturated carbocycles. The second kappa shape index (κ2) is 4.57. The minimum atomic E-state index is -3.61. The van der Waals surface area contributed by atoms with Gasteiger partial charge in [0, 0.05) is 0 Å². The van der Waals surface area contributed by atoms with E-state index < -0.39 is 48.8 Å². The van der Waals surface area contributed by atoms with Crippen LogP contribution < -0.4 is 0 Å². The van der Waals surface area contributed by atoms with Gasteiger partial charge in [-0.15, -0.1) is 0 Å². The van der Waals surface area contributed by atoms with Gasteiger partial charge in [0.25, 0.3) is 5.92 Å². The van der Waals surface area contributed by atoms with Crippen molar-refractivity contribution in [2.45, 2.75) is 44.4 Å². The van der Waals surface area contributed by atoms with Crippen molar-refractivity contribution in [1.29, 1.82) is 0 Å². The van der Waals surface area contributed by atoms with Crippen molar-refractivity contribution in [3.8, 4) is 0 Å².